The van der Waals surface area contributed by atoms with E-state index in [4.69, 9.17) is 30.1 Å². The van der Waals surface area contributed by atoms with E-state index in [2.05, 4.69) is 0 Å². The fourth-order valence-electron chi connectivity index (χ4n) is 2.72. The molecule has 4 N–H and O–H groups in total. The van der Waals surface area contributed by atoms with E-state index in [1.165, 1.54) is 0 Å². The molecule has 18 heavy (non-hydrogen) atoms. The molecule has 0 heterocycles. The van der Waals surface area contributed by atoms with Crippen molar-refractivity contribution in [2.24, 2.45) is 27.7 Å². The van der Waals surface area contributed by atoms with Gasteiger partial charge < -0.3 is 11.5 Å². The summed E-state index contributed by atoms with van der Waals surface area (Å²) in [5.41, 5.74) is 8.25. The van der Waals surface area contributed by atoms with Crippen LogP contribution in [0.4, 0.5) is 0 Å². The molecule has 0 fully saturated rings. The maximum atomic E-state index is 11.7. The van der Waals surface area contributed by atoms with Crippen LogP contribution in [-0.4, -0.2) is 11.8 Å². The summed E-state index contributed by atoms with van der Waals surface area (Å²) in [6.45, 7) is 10.8. The van der Waals surface area contributed by atoms with Gasteiger partial charge in [0.15, 0.2) is 0 Å². The summed E-state index contributed by atoms with van der Waals surface area (Å²) in [5, 5.41) is 0. The van der Waals surface area contributed by atoms with Gasteiger partial charge >= 0.3 is 35.6 Å². The Balaban J connectivity index is 0. The Hall–Kier alpha value is 0.234. The molecule has 4 nitrogen and oxygen atoms in total. The van der Waals surface area contributed by atoms with Gasteiger partial charge in [-0.1, -0.05) is 41.5 Å². The first-order chi connectivity index (χ1) is 7.80. The molecule has 0 aliphatic heterocycles. The molecule has 0 rings (SSSR count). The summed E-state index contributed by atoms with van der Waals surface area (Å²) in [6, 6.07) is 0. The van der Waals surface area contributed by atoms with Gasteiger partial charge in [0.25, 0.3) is 0 Å². The van der Waals surface area contributed by atoms with E-state index in [-0.39, 0.29) is 0 Å². The summed E-state index contributed by atoms with van der Waals surface area (Å²) >= 11 is -0.556. The number of rotatable bonds is 2. The molecule has 0 spiro atoms. The van der Waals surface area contributed by atoms with Crippen LogP contribution in [0.15, 0.2) is 0 Å². The minimum absolute atomic E-state index is 0.556. The summed E-state index contributed by atoms with van der Waals surface area (Å²) in [5.74, 6) is -1.31. The van der Waals surface area contributed by atoms with Crippen molar-refractivity contribution in [2.45, 2.75) is 41.5 Å². The molecule has 0 saturated heterocycles. The van der Waals surface area contributed by atoms with Crippen molar-refractivity contribution in [1.29, 1.82) is 0 Å². The predicted octanol–water partition coefficient (Wildman–Crippen LogP) is 2.41. The topological polar surface area (TPSA) is 86.2 Å². The predicted molar refractivity (Wildman–Crippen MR) is 71.4 cm³/mol. The number of nitrogens with two attached hydrogens (primary N) is 2. The van der Waals surface area contributed by atoms with Gasteiger partial charge in [0.1, 0.15) is 5.41 Å². The van der Waals surface area contributed by atoms with Crippen molar-refractivity contribution in [2.75, 3.05) is 0 Å². The SMILES string of the molecule is CC(C)(C)C(C(N)=O)(C(N)=O)C(C)(C)C.[Cl][Ti][Cl]. The van der Waals surface area contributed by atoms with Gasteiger partial charge in [0.2, 0.25) is 11.8 Å². The first-order valence-electron chi connectivity index (χ1n) is 5.36. The Morgan fingerprint density at radius 3 is 1.00 bits per heavy atom. The molecule has 0 aromatic rings. The second kappa shape index (κ2) is 7.13. The van der Waals surface area contributed by atoms with E-state index in [1.807, 2.05) is 0 Å². The second-order valence-corrected chi connectivity index (χ2v) is 8.63. The fourth-order valence-corrected chi connectivity index (χ4v) is 2.72. The summed E-state index contributed by atoms with van der Waals surface area (Å²) < 4.78 is 0. The fraction of sp³-hybridized carbons (Fsp3) is 0.818. The molecule has 2 amide bonds. The Bertz CT molecular complexity index is 279. The van der Waals surface area contributed by atoms with Gasteiger partial charge in [-0.25, -0.2) is 0 Å². The quantitative estimate of drug-likeness (QED) is 0.601. The zero-order chi connectivity index (χ0) is 15.4. The average molecular weight is 333 g/mol. The van der Waals surface area contributed by atoms with Gasteiger partial charge in [-0.05, 0) is 10.8 Å². The van der Waals surface area contributed by atoms with Gasteiger partial charge in [-0.3, -0.25) is 9.59 Å². The van der Waals surface area contributed by atoms with E-state index in [1.54, 1.807) is 41.5 Å². The molecular formula is C11H22Cl2N2O2Ti. The standard InChI is InChI=1S/C11H22N2O2.2ClH.Ti/c1-9(2,3)11(7(12)14,8(13)15)10(4,5)6;;;/h1-6H3,(H2,12,14)(H2,13,15);2*1H;/q;;;+2/p-2. The van der Waals surface area contributed by atoms with Crippen LogP contribution in [0, 0.1) is 16.2 Å². The number of carbonyl (C=O) groups excluding carboxylic acids is 2. The number of hydrogen-bond donors (Lipinski definition) is 2. The van der Waals surface area contributed by atoms with Crippen LogP contribution in [0.25, 0.3) is 0 Å². The molecule has 0 radical (unpaired) electrons. The van der Waals surface area contributed by atoms with Crippen LogP contribution < -0.4 is 11.5 Å². The van der Waals surface area contributed by atoms with Crippen LogP contribution in [-0.2, 0) is 26.6 Å². The van der Waals surface area contributed by atoms with Crippen LogP contribution >= 0.6 is 18.6 Å². The zero-order valence-corrected chi connectivity index (χ0v) is 14.8. The van der Waals surface area contributed by atoms with Crippen LogP contribution in [0.3, 0.4) is 0 Å². The number of halogens is 2. The Morgan fingerprint density at radius 2 is 1.00 bits per heavy atom. The van der Waals surface area contributed by atoms with Crippen LogP contribution in [0.1, 0.15) is 41.5 Å². The molecule has 0 bridgehead atoms. The van der Waals surface area contributed by atoms with E-state index in [0.717, 1.165) is 0 Å². The van der Waals surface area contributed by atoms with E-state index >= 15 is 0 Å². The van der Waals surface area contributed by atoms with Crippen LogP contribution in [0.5, 0.6) is 0 Å². The van der Waals surface area contributed by atoms with Crippen molar-refractivity contribution in [3.63, 3.8) is 0 Å². The molecular weight excluding hydrogens is 311 g/mol. The third kappa shape index (κ3) is 4.12. The minimum atomic E-state index is -1.35. The third-order valence-corrected chi connectivity index (χ3v) is 2.99. The average Bonchev–Trinajstić information content (AvgIpc) is 1.96. The first-order valence-corrected chi connectivity index (χ1v) is 9.66. The molecule has 106 valence electrons. The summed E-state index contributed by atoms with van der Waals surface area (Å²) in [6.07, 6.45) is 0. The second-order valence-electron chi connectivity index (χ2n) is 6.05. The molecule has 0 unspecified atom stereocenters. The van der Waals surface area contributed by atoms with E-state index < -0.39 is 45.1 Å². The number of carbonyl (C=O) groups is 2. The third-order valence-electron chi connectivity index (χ3n) is 2.99. The Kier molecular flexibility index (Phi) is 8.14. The van der Waals surface area contributed by atoms with E-state index in [9.17, 15) is 9.59 Å². The van der Waals surface area contributed by atoms with Gasteiger partial charge in [-0.2, -0.15) is 0 Å². The monoisotopic (exact) mass is 332 g/mol. The number of hydrogen-bond acceptors (Lipinski definition) is 2. The zero-order valence-electron chi connectivity index (χ0n) is 11.7. The Morgan fingerprint density at radius 1 is 0.833 bits per heavy atom. The van der Waals surface area contributed by atoms with Gasteiger partial charge in [0, 0.05) is 0 Å². The summed E-state index contributed by atoms with van der Waals surface area (Å²) in [4.78, 5) is 23.4. The molecule has 0 aliphatic carbocycles. The van der Waals surface area contributed by atoms with Gasteiger partial charge in [-0.15, -0.1) is 0 Å². The molecule has 0 aromatic carbocycles. The molecule has 0 atom stereocenters. The normalized spacial score (nSPS) is 12.2. The maximum absolute atomic E-state index is 11.7. The summed E-state index contributed by atoms with van der Waals surface area (Å²) in [7, 11) is 9.78. The number of primary amides is 2. The van der Waals surface area contributed by atoms with Crippen molar-refractivity contribution in [3.8, 4) is 0 Å². The van der Waals surface area contributed by atoms with Crippen molar-refractivity contribution >= 4 is 30.4 Å². The van der Waals surface area contributed by atoms with Crippen molar-refractivity contribution in [1.82, 2.24) is 0 Å². The van der Waals surface area contributed by atoms with E-state index in [0.29, 0.717) is 0 Å². The molecule has 0 aliphatic rings. The molecule has 7 heteroatoms. The molecule has 0 saturated carbocycles. The first kappa shape index (κ1) is 20.5. The van der Waals surface area contributed by atoms with Crippen molar-refractivity contribution in [3.05, 3.63) is 0 Å². The van der Waals surface area contributed by atoms with Crippen LogP contribution in [0.2, 0.25) is 0 Å². The van der Waals surface area contributed by atoms with Crippen molar-refractivity contribution < 1.29 is 26.6 Å². The Labute approximate surface area is 126 Å². The number of amides is 2. The molecule has 0 aromatic heterocycles. The van der Waals surface area contributed by atoms with Gasteiger partial charge in [0.05, 0.1) is 0 Å².